The van der Waals surface area contributed by atoms with Crippen LogP contribution in [-0.2, 0) is 19.1 Å². The quantitative estimate of drug-likeness (QED) is 0.174. The zero-order valence-corrected chi connectivity index (χ0v) is 25.7. The van der Waals surface area contributed by atoms with Crippen molar-refractivity contribution in [2.24, 2.45) is 17.8 Å². The maximum absolute atomic E-state index is 15.1. The molecule has 3 unspecified atom stereocenters. The molecule has 3 aliphatic rings. The second-order valence-corrected chi connectivity index (χ2v) is 13.5. The van der Waals surface area contributed by atoms with E-state index < -0.39 is 34.6 Å². The highest BCUT2D eigenvalue weighted by atomic mass is 32.2. The summed E-state index contributed by atoms with van der Waals surface area (Å²) in [4.78, 5) is 46.7. The Bertz CT molecular complexity index is 1590. The van der Waals surface area contributed by atoms with E-state index in [0.29, 0.717) is 18.5 Å². The van der Waals surface area contributed by atoms with Gasteiger partial charge in [-0.2, -0.15) is 0 Å². The standard InChI is InChI=1S/C36H38N2O5S/c1-4-6-19-43-35(42)30-29-20-23(3)36(44-29)31(30)33(40)38(28(22-39)25-13-8-7-9-14-25)32(36)34(41)37(18-5-2)27-17-16-24-12-10-11-15-26(24)21-27/h4-5,7-17,21,23,28-32,39H,1-2,6,18-20,22H2,3H3/t23?,28-,29-,30+,31+,32?,36?/m1/s1. The van der Waals surface area contributed by atoms with Gasteiger partial charge in [0.1, 0.15) is 6.04 Å². The highest BCUT2D eigenvalue weighted by Crippen LogP contribution is 2.69. The van der Waals surface area contributed by atoms with Gasteiger partial charge in [-0.1, -0.05) is 79.7 Å². The Balaban J connectivity index is 1.48. The minimum absolute atomic E-state index is 0.0278. The van der Waals surface area contributed by atoms with Crippen LogP contribution in [0.1, 0.15) is 31.4 Å². The molecule has 1 N–H and O–H groups in total. The lowest BCUT2D eigenvalue weighted by Gasteiger charge is -2.42. The van der Waals surface area contributed by atoms with Crippen molar-refractivity contribution < 1.29 is 24.2 Å². The average molecular weight is 611 g/mol. The number of carbonyl (C=O) groups is 3. The number of thioether (sulfide) groups is 1. The van der Waals surface area contributed by atoms with Gasteiger partial charge in [-0.3, -0.25) is 14.4 Å². The first-order chi connectivity index (χ1) is 21.4. The summed E-state index contributed by atoms with van der Waals surface area (Å²) in [6.45, 7) is 9.80. The molecule has 6 rings (SSSR count). The van der Waals surface area contributed by atoms with E-state index in [4.69, 9.17) is 4.74 Å². The lowest BCUT2D eigenvalue weighted by Crippen LogP contribution is -2.58. The smallest absolute Gasteiger partial charge is 0.310 e. The van der Waals surface area contributed by atoms with Gasteiger partial charge in [0.25, 0.3) is 5.91 Å². The van der Waals surface area contributed by atoms with Crippen LogP contribution in [0, 0.1) is 17.8 Å². The van der Waals surface area contributed by atoms with E-state index in [0.717, 1.165) is 16.3 Å². The van der Waals surface area contributed by atoms with Crippen LogP contribution in [0.15, 0.2) is 98.1 Å². The highest BCUT2D eigenvalue weighted by molar-refractivity contribution is 8.02. The van der Waals surface area contributed by atoms with Gasteiger partial charge in [0, 0.05) is 17.5 Å². The molecule has 7 nitrogen and oxygen atoms in total. The molecule has 3 aromatic rings. The fraction of sp³-hybridized carbons (Fsp3) is 0.361. The topological polar surface area (TPSA) is 87.1 Å². The van der Waals surface area contributed by atoms with E-state index in [1.165, 1.54) is 0 Å². The van der Waals surface area contributed by atoms with Crippen molar-refractivity contribution in [2.75, 3.05) is 24.7 Å². The molecule has 0 aliphatic carbocycles. The number of esters is 1. The Labute approximate surface area is 262 Å². The molecule has 3 heterocycles. The SMILES string of the molecule is C=CCCOC(=O)[C@@H]1[C@H]2C(=O)N([C@H](CO)c3ccccc3)C(C(=O)N(CC=C)c3ccc4ccccc4c3)C23S[C@@H]1CC3C. The number of rotatable bonds is 11. The lowest BCUT2D eigenvalue weighted by molar-refractivity contribution is -0.154. The Morgan fingerprint density at radius 1 is 1.09 bits per heavy atom. The van der Waals surface area contributed by atoms with Crippen LogP contribution in [0.5, 0.6) is 0 Å². The summed E-state index contributed by atoms with van der Waals surface area (Å²) < 4.78 is 4.79. The summed E-state index contributed by atoms with van der Waals surface area (Å²) in [7, 11) is 0. The monoisotopic (exact) mass is 610 g/mol. The van der Waals surface area contributed by atoms with Crippen molar-refractivity contribution in [1.29, 1.82) is 0 Å². The maximum Gasteiger partial charge on any atom is 0.310 e. The molecular weight excluding hydrogens is 572 g/mol. The first-order valence-corrected chi connectivity index (χ1v) is 16.1. The molecule has 3 aromatic carbocycles. The second kappa shape index (κ2) is 12.3. The average Bonchev–Trinajstić information content (AvgIpc) is 3.64. The van der Waals surface area contributed by atoms with Gasteiger partial charge in [0.05, 0.1) is 35.8 Å². The molecular formula is C36H38N2O5S. The number of likely N-dealkylation sites (tertiary alicyclic amines) is 1. The van der Waals surface area contributed by atoms with Crippen LogP contribution in [-0.4, -0.2) is 63.6 Å². The summed E-state index contributed by atoms with van der Waals surface area (Å²) >= 11 is 1.60. The van der Waals surface area contributed by atoms with E-state index in [-0.39, 0.29) is 42.7 Å². The van der Waals surface area contributed by atoms with Crippen LogP contribution < -0.4 is 4.90 Å². The van der Waals surface area contributed by atoms with Crippen molar-refractivity contribution in [3.05, 3.63) is 104 Å². The van der Waals surface area contributed by atoms with E-state index >= 15 is 4.79 Å². The van der Waals surface area contributed by atoms with Crippen molar-refractivity contribution >= 4 is 46.0 Å². The summed E-state index contributed by atoms with van der Waals surface area (Å²) in [5.41, 5.74) is 1.43. The number of hydrogen-bond donors (Lipinski definition) is 1. The number of carbonyl (C=O) groups excluding carboxylic acids is 3. The predicted molar refractivity (Wildman–Crippen MR) is 174 cm³/mol. The minimum Gasteiger partial charge on any atom is -0.465 e. The number of ether oxygens (including phenoxy) is 1. The van der Waals surface area contributed by atoms with Gasteiger partial charge < -0.3 is 19.6 Å². The fourth-order valence-corrected chi connectivity index (χ4v) is 10.0. The summed E-state index contributed by atoms with van der Waals surface area (Å²) in [6.07, 6.45) is 4.59. The Morgan fingerprint density at radius 3 is 2.52 bits per heavy atom. The van der Waals surface area contributed by atoms with Gasteiger partial charge in [-0.05, 0) is 47.2 Å². The van der Waals surface area contributed by atoms with Crippen molar-refractivity contribution in [3.8, 4) is 0 Å². The molecule has 2 amide bonds. The van der Waals surface area contributed by atoms with Crippen molar-refractivity contribution in [2.45, 2.75) is 41.8 Å². The molecule has 8 heteroatoms. The third-order valence-corrected chi connectivity index (χ3v) is 11.6. The molecule has 228 valence electrons. The zero-order valence-electron chi connectivity index (χ0n) is 24.9. The Hall–Kier alpha value is -3.88. The van der Waals surface area contributed by atoms with Crippen LogP contribution >= 0.6 is 11.8 Å². The summed E-state index contributed by atoms with van der Waals surface area (Å²) in [5, 5.41) is 12.7. The van der Waals surface area contributed by atoms with Crippen molar-refractivity contribution in [1.82, 2.24) is 4.90 Å². The molecule has 3 aliphatic heterocycles. The molecule has 2 bridgehead atoms. The highest BCUT2D eigenvalue weighted by Gasteiger charge is 2.77. The van der Waals surface area contributed by atoms with Crippen molar-refractivity contribution in [3.63, 3.8) is 0 Å². The lowest BCUT2D eigenvalue weighted by atomic mass is 9.66. The Morgan fingerprint density at radius 2 is 1.82 bits per heavy atom. The van der Waals surface area contributed by atoms with Crippen LogP contribution in [0.4, 0.5) is 5.69 Å². The Kier molecular flexibility index (Phi) is 8.40. The predicted octanol–water partition coefficient (Wildman–Crippen LogP) is 5.55. The third-order valence-electron chi connectivity index (χ3n) is 9.57. The minimum atomic E-state index is -0.917. The number of hydrogen-bond acceptors (Lipinski definition) is 6. The fourth-order valence-electron chi connectivity index (χ4n) is 7.66. The largest absolute Gasteiger partial charge is 0.465 e. The van der Waals surface area contributed by atoms with Gasteiger partial charge in [-0.25, -0.2) is 0 Å². The van der Waals surface area contributed by atoms with Crippen LogP contribution in [0.3, 0.4) is 0 Å². The first kappa shape index (κ1) is 30.2. The van der Waals surface area contributed by atoms with Crippen LogP contribution in [0.2, 0.25) is 0 Å². The van der Waals surface area contributed by atoms with Gasteiger partial charge >= 0.3 is 5.97 Å². The molecule has 0 saturated carbocycles. The number of nitrogens with zero attached hydrogens (tertiary/aromatic N) is 2. The molecule has 0 radical (unpaired) electrons. The molecule has 7 atom stereocenters. The first-order valence-electron chi connectivity index (χ1n) is 15.2. The number of aliphatic hydroxyl groups excluding tert-OH is 1. The van der Waals surface area contributed by atoms with E-state index in [1.807, 2.05) is 72.8 Å². The van der Waals surface area contributed by atoms with E-state index in [2.05, 4.69) is 20.1 Å². The number of amides is 2. The van der Waals surface area contributed by atoms with E-state index in [9.17, 15) is 14.7 Å². The zero-order chi connectivity index (χ0) is 31.0. The molecule has 44 heavy (non-hydrogen) atoms. The summed E-state index contributed by atoms with van der Waals surface area (Å²) in [5.74, 6) is -2.37. The number of aliphatic hydroxyl groups is 1. The second-order valence-electron chi connectivity index (χ2n) is 11.9. The van der Waals surface area contributed by atoms with Crippen LogP contribution in [0.25, 0.3) is 10.8 Å². The molecule has 3 saturated heterocycles. The molecule has 3 fully saturated rings. The summed E-state index contributed by atoms with van der Waals surface area (Å²) in [6, 6.07) is 21.5. The maximum atomic E-state index is 15.1. The van der Waals surface area contributed by atoms with Gasteiger partial charge in [-0.15, -0.1) is 24.9 Å². The van der Waals surface area contributed by atoms with Gasteiger partial charge in [0.2, 0.25) is 5.91 Å². The number of benzene rings is 3. The molecule has 1 spiro atoms. The number of fused-ring (bicyclic) bond motifs is 2. The van der Waals surface area contributed by atoms with Gasteiger partial charge in [0.15, 0.2) is 0 Å². The normalized spacial score (nSPS) is 27.6. The van der Waals surface area contributed by atoms with E-state index in [1.54, 1.807) is 33.7 Å². The molecule has 0 aromatic heterocycles. The third kappa shape index (κ3) is 4.75. The number of anilines is 1.